The highest BCUT2D eigenvalue weighted by Crippen LogP contribution is 2.19. The SMILES string of the molecule is CCCN(CCC)c1cc(N(CC)CC)nc(C)n1. The van der Waals surface area contributed by atoms with Gasteiger partial charge in [-0.05, 0) is 33.6 Å². The van der Waals surface area contributed by atoms with Gasteiger partial charge in [-0.25, -0.2) is 9.97 Å². The van der Waals surface area contributed by atoms with Crippen LogP contribution in [0.3, 0.4) is 0 Å². The second-order valence-electron chi connectivity index (χ2n) is 4.79. The third-order valence-electron chi connectivity index (χ3n) is 3.21. The van der Waals surface area contributed by atoms with E-state index in [0.717, 1.165) is 56.5 Å². The van der Waals surface area contributed by atoms with Gasteiger partial charge in [0.2, 0.25) is 0 Å². The maximum Gasteiger partial charge on any atom is 0.134 e. The molecule has 1 aromatic rings. The van der Waals surface area contributed by atoms with E-state index in [4.69, 9.17) is 0 Å². The van der Waals surface area contributed by atoms with Gasteiger partial charge in [0.25, 0.3) is 0 Å². The fraction of sp³-hybridized carbons (Fsp3) is 0.733. The van der Waals surface area contributed by atoms with Gasteiger partial charge in [-0.1, -0.05) is 13.8 Å². The highest BCUT2D eigenvalue weighted by Gasteiger charge is 2.11. The van der Waals surface area contributed by atoms with Gasteiger partial charge >= 0.3 is 0 Å². The van der Waals surface area contributed by atoms with E-state index >= 15 is 0 Å². The zero-order chi connectivity index (χ0) is 14.3. The van der Waals surface area contributed by atoms with Crippen LogP contribution < -0.4 is 9.80 Å². The molecule has 0 saturated heterocycles. The first kappa shape index (κ1) is 15.7. The van der Waals surface area contributed by atoms with Crippen LogP contribution in [0.2, 0.25) is 0 Å². The van der Waals surface area contributed by atoms with Gasteiger partial charge in [0.15, 0.2) is 0 Å². The molecule has 0 bridgehead atoms. The molecule has 4 heteroatoms. The minimum Gasteiger partial charge on any atom is -0.357 e. The van der Waals surface area contributed by atoms with E-state index in [0.29, 0.717) is 0 Å². The summed E-state index contributed by atoms with van der Waals surface area (Å²) in [6, 6.07) is 2.13. The second kappa shape index (κ2) is 7.97. The number of hydrogen-bond donors (Lipinski definition) is 0. The highest BCUT2D eigenvalue weighted by atomic mass is 15.2. The molecule has 4 nitrogen and oxygen atoms in total. The molecule has 0 atom stereocenters. The first-order valence-corrected chi connectivity index (χ1v) is 7.51. The number of rotatable bonds is 8. The van der Waals surface area contributed by atoms with E-state index in [1.807, 2.05) is 6.92 Å². The lowest BCUT2D eigenvalue weighted by molar-refractivity contribution is 0.727. The molecule has 0 saturated carbocycles. The molecule has 1 rings (SSSR count). The molecule has 0 amide bonds. The van der Waals surface area contributed by atoms with Crippen molar-refractivity contribution < 1.29 is 0 Å². The van der Waals surface area contributed by atoms with Crippen molar-refractivity contribution in [2.24, 2.45) is 0 Å². The molecule has 1 heterocycles. The van der Waals surface area contributed by atoms with Crippen LogP contribution in [0.25, 0.3) is 0 Å². The summed E-state index contributed by atoms with van der Waals surface area (Å²) in [6.45, 7) is 14.8. The first-order chi connectivity index (χ1) is 9.15. The van der Waals surface area contributed by atoms with E-state index in [1.54, 1.807) is 0 Å². The molecule has 0 aromatic carbocycles. The summed E-state index contributed by atoms with van der Waals surface area (Å²) in [7, 11) is 0. The van der Waals surface area contributed by atoms with Crippen molar-refractivity contribution in [1.29, 1.82) is 0 Å². The van der Waals surface area contributed by atoms with Gasteiger partial charge in [-0.3, -0.25) is 0 Å². The number of nitrogens with zero attached hydrogens (tertiary/aromatic N) is 4. The van der Waals surface area contributed by atoms with E-state index in [-0.39, 0.29) is 0 Å². The molecule has 0 aliphatic heterocycles. The van der Waals surface area contributed by atoms with Gasteiger partial charge in [-0.2, -0.15) is 0 Å². The standard InChI is InChI=1S/C15H28N4/c1-6-10-19(11-7-2)15-12-14(16-13(5)17-15)18(8-3)9-4/h12H,6-11H2,1-5H3. The highest BCUT2D eigenvalue weighted by molar-refractivity contribution is 5.51. The quantitative estimate of drug-likeness (QED) is 0.721. The molecule has 0 spiro atoms. The Morgan fingerprint density at radius 1 is 0.842 bits per heavy atom. The number of aryl methyl sites for hydroxylation is 1. The molecule has 0 aliphatic carbocycles. The molecule has 0 unspecified atom stereocenters. The van der Waals surface area contributed by atoms with Crippen molar-refractivity contribution in [2.75, 3.05) is 36.0 Å². The van der Waals surface area contributed by atoms with Crippen LogP contribution in [0, 0.1) is 6.92 Å². The number of hydrogen-bond acceptors (Lipinski definition) is 4. The van der Waals surface area contributed by atoms with Crippen molar-refractivity contribution in [3.8, 4) is 0 Å². The maximum absolute atomic E-state index is 4.61. The summed E-state index contributed by atoms with van der Waals surface area (Å²) in [5.74, 6) is 2.97. The predicted octanol–water partition coefficient (Wildman–Crippen LogP) is 3.26. The molecule has 108 valence electrons. The Bertz CT molecular complexity index is 368. The Morgan fingerprint density at radius 2 is 1.32 bits per heavy atom. The monoisotopic (exact) mass is 264 g/mol. The van der Waals surface area contributed by atoms with Gasteiger partial charge in [0.1, 0.15) is 17.5 Å². The van der Waals surface area contributed by atoms with Crippen LogP contribution in [0.5, 0.6) is 0 Å². The van der Waals surface area contributed by atoms with Gasteiger partial charge in [-0.15, -0.1) is 0 Å². The molecule has 0 aliphatic rings. The average Bonchev–Trinajstić information content (AvgIpc) is 2.39. The fourth-order valence-corrected chi connectivity index (χ4v) is 2.29. The number of anilines is 2. The molecule has 19 heavy (non-hydrogen) atoms. The fourth-order valence-electron chi connectivity index (χ4n) is 2.29. The first-order valence-electron chi connectivity index (χ1n) is 7.51. The Balaban J connectivity index is 3.05. The minimum atomic E-state index is 0.858. The summed E-state index contributed by atoms with van der Waals surface area (Å²) in [5.41, 5.74) is 0. The average molecular weight is 264 g/mol. The Labute approximate surface area is 117 Å². The van der Waals surface area contributed by atoms with Crippen LogP contribution in [-0.4, -0.2) is 36.1 Å². The minimum absolute atomic E-state index is 0.858. The van der Waals surface area contributed by atoms with Crippen molar-refractivity contribution in [3.05, 3.63) is 11.9 Å². The van der Waals surface area contributed by atoms with Crippen molar-refractivity contribution >= 4 is 11.6 Å². The van der Waals surface area contributed by atoms with Crippen LogP contribution >= 0.6 is 0 Å². The van der Waals surface area contributed by atoms with Crippen LogP contribution in [-0.2, 0) is 0 Å². The van der Waals surface area contributed by atoms with E-state index in [9.17, 15) is 0 Å². The van der Waals surface area contributed by atoms with Gasteiger partial charge < -0.3 is 9.80 Å². The third kappa shape index (κ3) is 4.37. The summed E-state index contributed by atoms with van der Waals surface area (Å²) < 4.78 is 0. The van der Waals surface area contributed by atoms with Crippen LogP contribution in [0.15, 0.2) is 6.07 Å². The predicted molar refractivity (Wildman–Crippen MR) is 83.1 cm³/mol. The molecule has 0 N–H and O–H groups in total. The number of aromatic nitrogens is 2. The van der Waals surface area contributed by atoms with Gasteiger partial charge in [0.05, 0.1) is 0 Å². The van der Waals surface area contributed by atoms with E-state index < -0.39 is 0 Å². The zero-order valence-corrected chi connectivity index (χ0v) is 13.1. The Morgan fingerprint density at radius 3 is 1.74 bits per heavy atom. The molecular weight excluding hydrogens is 236 g/mol. The van der Waals surface area contributed by atoms with Crippen molar-refractivity contribution in [1.82, 2.24) is 9.97 Å². The van der Waals surface area contributed by atoms with E-state index in [2.05, 4.69) is 53.5 Å². The summed E-state index contributed by atoms with van der Waals surface area (Å²) in [4.78, 5) is 13.8. The topological polar surface area (TPSA) is 32.3 Å². The smallest absolute Gasteiger partial charge is 0.134 e. The molecular formula is C15H28N4. The van der Waals surface area contributed by atoms with E-state index in [1.165, 1.54) is 0 Å². The lowest BCUT2D eigenvalue weighted by atomic mass is 10.3. The lowest BCUT2D eigenvalue weighted by Crippen LogP contribution is -2.28. The molecule has 1 aromatic heterocycles. The lowest BCUT2D eigenvalue weighted by Gasteiger charge is -2.26. The normalized spacial score (nSPS) is 10.6. The van der Waals surface area contributed by atoms with Crippen molar-refractivity contribution in [2.45, 2.75) is 47.5 Å². The largest absolute Gasteiger partial charge is 0.357 e. The summed E-state index contributed by atoms with van der Waals surface area (Å²) in [6.07, 6.45) is 2.29. The molecule has 0 fully saturated rings. The van der Waals surface area contributed by atoms with Crippen molar-refractivity contribution in [3.63, 3.8) is 0 Å². The summed E-state index contributed by atoms with van der Waals surface area (Å²) in [5, 5.41) is 0. The Kier molecular flexibility index (Phi) is 6.60. The maximum atomic E-state index is 4.61. The second-order valence-corrected chi connectivity index (χ2v) is 4.79. The Hall–Kier alpha value is -1.32. The molecule has 0 radical (unpaired) electrons. The zero-order valence-electron chi connectivity index (χ0n) is 13.1. The third-order valence-corrected chi connectivity index (χ3v) is 3.21. The van der Waals surface area contributed by atoms with Gasteiger partial charge in [0, 0.05) is 32.2 Å². The van der Waals surface area contributed by atoms with Crippen LogP contribution in [0.4, 0.5) is 11.6 Å². The van der Waals surface area contributed by atoms with Crippen LogP contribution in [0.1, 0.15) is 46.4 Å². The summed E-state index contributed by atoms with van der Waals surface area (Å²) >= 11 is 0.